The van der Waals surface area contributed by atoms with Crippen molar-refractivity contribution in [2.24, 2.45) is 17.8 Å². The summed E-state index contributed by atoms with van der Waals surface area (Å²) in [6, 6.07) is 0. The van der Waals surface area contributed by atoms with Gasteiger partial charge in [0, 0.05) is 0 Å². The van der Waals surface area contributed by atoms with Crippen molar-refractivity contribution in [3.05, 3.63) is 12.2 Å². The van der Waals surface area contributed by atoms with E-state index in [1.807, 2.05) is 0 Å². The number of allylic oxidation sites excluding steroid dienone is 1. The van der Waals surface area contributed by atoms with Crippen LogP contribution >= 0.6 is 0 Å². The molecule has 2 aliphatic rings. The minimum Gasteiger partial charge on any atom is -0.0999 e. The second kappa shape index (κ2) is 11.3. The molecule has 2 atom stereocenters. The van der Waals surface area contributed by atoms with Crippen molar-refractivity contribution in [2.45, 2.75) is 116 Å². The molecule has 0 aromatic carbocycles. The van der Waals surface area contributed by atoms with Crippen LogP contribution in [0.15, 0.2) is 12.2 Å². The third kappa shape index (κ3) is 7.90. The molecule has 0 heteroatoms. The average Bonchev–Trinajstić information content (AvgIpc) is 2.58. The average molecular weight is 319 g/mol. The van der Waals surface area contributed by atoms with Gasteiger partial charge in [0.05, 0.1) is 0 Å². The lowest BCUT2D eigenvalue weighted by Gasteiger charge is -2.28. The van der Waals surface area contributed by atoms with Gasteiger partial charge in [-0.15, -0.1) is 0 Å². The Kier molecular flexibility index (Phi) is 9.39. The summed E-state index contributed by atoms with van der Waals surface area (Å²) < 4.78 is 0. The zero-order valence-corrected chi connectivity index (χ0v) is 16.0. The quantitative estimate of drug-likeness (QED) is 0.282. The molecular weight excluding hydrogens is 276 g/mol. The number of hydrogen-bond acceptors (Lipinski definition) is 0. The molecule has 0 amide bonds. The molecule has 0 radical (unpaired) electrons. The van der Waals surface area contributed by atoms with Crippen LogP contribution in [-0.4, -0.2) is 0 Å². The van der Waals surface area contributed by atoms with Gasteiger partial charge in [-0.3, -0.25) is 0 Å². The van der Waals surface area contributed by atoms with E-state index >= 15 is 0 Å². The summed E-state index contributed by atoms with van der Waals surface area (Å²) in [6.45, 7) is 6.82. The van der Waals surface area contributed by atoms with Gasteiger partial charge in [-0.1, -0.05) is 103 Å². The van der Waals surface area contributed by atoms with Crippen LogP contribution in [-0.2, 0) is 0 Å². The minimum atomic E-state index is 0.992. The fourth-order valence-electron chi connectivity index (χ4n) is 5.01. The summed E-state index contributed by atoms with van der Waals surface area (Å²) >= 11 is 0. The molecule has 0 saturated heterocycles. The van der Waals surface area contributed by atoms with E-state index in [0.717, 1.165) is 17.8 Å². The number of unbranched alkanes of at least 4 members (excludes halogenated alkanes) is 2. The Labute approximate surface area is 146 Å². The summed E-state index contributed by atoms with van der Waals surface area (Å²) in [7, 11) is 0. The van der Waals surface area contributed by atoms with Gasteiger partial charge in [0.15, 0.2) is 0 Å². The second-order valence-corrected chi connectivity index (χ2v) is 8.77. The first-order valence-corrected chi connectivity index (χ1v) is 10.9. The third-order valence-electron chi connectivity index (χ3n) is 6.76. The highest BCUT2D eigenvalue weighted by Gasteiger charge is 2.20. The summed E-state index contributed by atoms with van der Waals surface area (Å²) in [4.78, 5) is 0. The van der Waals surface area contributed by atoms with E-state index < -0.39 is 0 Å². The highest BCUT2D eigenvalue weighted by Crippen LogP contribution is 2.33. The predicted molar refractivity (Wildman–Crippen MR) is 104 cm³/mol. The summed E-state index contributed by atoms with van der Waals surface area (Å²) in [5, 5.41) is 0. The topological polar surface area (TPSA) is 0 Å². The van der Waals surface area contributed by atoms with Crippen LogP contribution in [0.3, 0.4) is 0 Å². The van der Waals surface area contributed by atoms with E-state index in [4.69, 9.17) is 0 Å². The van der Waals surface area contributed by atoms with Crippen LogP contribution in [0.25, 0.3) is 0 Å². The highest BCUT2D eigenvalue weighted by atomic mass is 14.3. The number of hydrogen-bond donors (Lipinski definition) is 0. The first-order valence-electron chi connectivity index (χ1n) is 10.9. The Bertz CT molecular complexity index is 310. The van der Waals surface area contributed by atoms with E-state index in [-0.39, 0.29) is 0 Å². The lowest BCUT2D eigenvalue weighted by atomic mass is 9.78. The van der Waals surface area contributed by atoms with E-state index in [0.29, 0.717) is 0 Å². The summed E-state index contributed by atoms with van der Waals surface area (Å²) in [5.74, 6) is 3.09. The molecule has 2 saturated carbocycles. The van der Waals surface area contributed by atoms with E-state index in [1.165, 1.54) is 115 Å². The van der Waals surface area contributed by atoms with Gasteiger partial charge in [-0.25, -0.2) is 0 Å². The monoisotopic (exact) mass is 318 g/mol. The van der Waals surface area contributed by atoms with Crippen LogP contribution in [0, 0.1) is 17.8 Å². The molecule has 0 nitrogen and oxygen atoms in total. The molecule has 134 valence electrons. The van der Waals surface area contributed by atoms with Crippen molar-refractivity contribution in [3.8, 4) is 0 Å². The van der Waals surface area contributed by atoms with Gasteiger partial charge in [-0.2, -0.15) is 0 Å². The Morgan fingerprint density at radius 2 is 1.35 bits per heavy atom. The maximum Gasteiger partial charge on any atom is -0.0323 e. The van der Waals surface area contributed by atoms with E-state index in [9.17, 15) is 0 Å². The van der Waals surface area contributed by atoms with Crippen LogP contribution in [0.5, 0.6) is 0 Å². The first kappa shape index (κ1) is 19.1. The Balaban J connectivity index is 1.42. The fourth-order valence-corrected chi connectivity index (χ4v) is 5.01. The SMILES string of the molecule is C=C(CCCCC1CCCCC1)CCCCC1CCCCC1C. The molecule has 0 aromatic rings. The maximum absolute atomic E-state index is 4.34. The Morgan fingerprint density at radius 3 is 2.04 bits per heavy atom. The van der Waals surface area contributed by atoms with Gasteiger partial charge in [0.2, 0.25) is 0 Å². The van der Waals surface area contributed by atoms with Gasteiger partial charge in [0.1, 0.15) is 0 Å². The smallest absolute Gasteiger partial charge is 0.0323 e. The molecule has 23 heavy (non-hydrogen) atoms. The zero-order valence-electron chi connectivity index (χ0n) is 16.0. The van der Waals surface area contributed by atoms with Gasteiger partial charge < -0.3 is 0 Å². The first-order chi connectivity index (χ1) is 11.3. The van der Waals surface area contributed by atoms with Crippen LogP contribution in [0.2, 0.25) is 0 Å². The highest BCUT2D eigenvalue weighted by molar-refractivity contribution is 4.93. The van der Waals surface area contributed by atoms with Crippen molar-refractivity contribution < 1.29 is 0 Å². The predicted octanol–water partition coefficient (Wildman–Crippen LogP) is 8.07. The van der Waals surface area contributed by atoms with Gasteiger partial charge in [0.25, 0.3) is 0 Å². The van der Waals surface area contributed by atoms with Gasteiger partial charge >= 0.3 is 0 Å². The second-order valence-electron chi connectivity index (χ2n) is 8.77. The number of rotatable bonds is 10. The van der Waals surface area contributed by atoms with Crippen molar-refractivity contribution in [1.82, 2.24) is 0 Å². The molecule has 0 N–H and O–H groups in total. The zero-order chi connectivity index (χ0) is 16.3. The molecule has 0 bridgehead atoms. The van der Waals surface area contributed by atoms with Crippen molar-refractivity contribution in [2.75, 3.05) is 0 Å². The van der Waals surface area contributed by atoms with Gasteiger partial charge in [-0.05, 0) is 43.4 Å². The molecule has 2 fully saturated rings. The molecule has 0 spiro atoms. The Morgan fingerprint density at radius 1 is 0.739 bits per heavy atom. The van der Waals surface area contributed by atoms with Crippen LogP contribution in [0.1, 0.15) is 116 Å². The normalized spacial score (nSPS) is 26.3. The molecule has 2 rings (SSSR count). The molecule has 0 aromatic heterocycles. The van der Waals surface area contributed by atoms with E-state index in [1.54, 1.807) is 0 Å². The fraction of sp³-hybridized carbons (Fsp3) is 0.913. The summed E-state index contributed by atoms with van der Waals surface area (Å²) in [5.41, 5.74) is 1.53. The summed E-state index contributed by atoms with van der Waals surface area (Å²) in [6.07, 6.45) is 24.7. The van der Waals surface area contributed by atoms with E-state index in [2.05, 4.69) is 13.5 Å². The molecular formula is C23H42. The van der Waals surface area contributed by atoms with Crippen molar-refractivity contribution >= 4 is 0 Å². The molecule has 0 heterocycles. The molecule has 2 unspecified atom stereocenters. The third-order valence-corrected chi connectivity index (χ3v) is 6.76. The van der Waals surface area contributed by atoms with Crippen LogP contribution < -0.4 is 0 Å². The lowest BCUT2D eigenvalue weighted by Crippen LogP contribution is -2.16. The van der Waals surface area contributed by atoms with Crippen molar-refractivity contribution in [3.63, 3.8) is 0 Å². The lowest BCUT2D eigenvalue weighted by molar-refractivity contribution is 0.237. The minimum absolute atomic E-state index is 0.992. The van der Waals surface area contributed by atoms with Crippen LogP contribution in [0.4, 0.5) is 0 Å². The van der Waals surface area contributed by atoms with Crippen molar-refractivity contribution in [1.29, 1.82) is 0 Å². The largest absolute Gasteiger partial charge is 0.0999 e. The maximum atomic E-state index is 4.34. The molecule has 0 aliphatic heterocycles. The Hall–Kier alpha value is -0.260. The standard InChI is InChI=1S/C23H42/c1-20(12-6-9-17-22-15-4-3-5-16-22)13-7-10-18-23-19-11-8-14-21(23)2/h21-23H,1,3-19H2,2H3. The molecule has 2 aliphatic carbocycles.